The molecule has 1 atom stereocenters. The maximum atomic E-state index is 6.08. The molecule has 1 aromatic rings. The lowest BCUT2D eigenvalue weighted by molar-refractivity contribution is -0.0219. The first-order chi connectivity index (χ1) is 7.99. The average Bonchev–Trinajstić information content (AvgIpc) is 2.29. The zero-order valence-corrected chi connectivity index (χ0v) is 13.8. The molecule has 0 heterocycles. The van der Waals surface area contributed by atoms with Crippen LogP contribution in [-0.4, -0.2) is 11.9 Å². The molecule has 3 heteroatoms. The van der Waals surface area contributed by atoms with Crippen molar-refractivity contribution in [3.8, 4) is 0 Å². The van der Waals surface area contributed by atoms with Crippen LogP contribution in [0.4, 0.5) is 0 Å². The lowest BCUT2D eigenvalue weighted by Gasteiger charge is -2.30. The van der Waals surface area contributed by atoms with E-state index in [1.54, 1.807) is 0 Å². The van der Waals surface area contributed by atoms with Crippen molar-refractivity contribution in [1.29, 1.82) is 0 Å². The van der Waals surface area contributed by atoms with Gasteiger partial charge in [-0.05, 0) is 30.9 Å². The molecule has 0 aliphatic rings. The highest BCUT2D eigenvalue weighted by atomic mass is 79.9. The molecule has 0 spiro atoms. The fourth-order valence-corrected chi connectivity index (χ4v) is 2.77. The van der Waals surface area contributed by atoms with E-state index in [2.05, 4.69) is 64.8 Å². The average molecular weight is 364 g/mol. The number of hydrogen-bond donors (Lipinski definition) is 0. The molecule has 1 aromatic carbocycles. The Morgan fingerprint density at radius 1 is 1.29 bits per heavy atom. The van der Waals surface area contributed by atoms with Gasteiger partial charge in [0.1, 0.15) is 5.60 Å². The summed E-state index contributed by atoms with van der Waals surface area (Å²) in [7, 11) is 0. The van der Waals surface area contributed by atoms with Crippen LogP contribution in [0.2, 0.25) is 0 Å². The molecule has 0 aliphatic carbocycles. The first-order valence-electron chi connectivity index (χ1n) is 5.94. The van der Waals surface area contributed by atoms with Crippen molar-refractivity contribution in [1.82, 2.24) is 0 Å². The van der Waals surface area contributed by atoms with Gasteiger partial charge in [-0.2, -0.15) is 0 Å². The van der Waals surface area contributed by atoms with Crippen molar-refractivity contribution in [2.45, 2.75) is 32.8 Å². The summed E-state index contributed by atoms with van der Waals surface area (Å²) < 4.78 is 7.18. The minimum absolute atomic E-state index is 0.269. The van der Waals surface area contributed by atoms with E-state index in [0.717, 1.165) is 22.8 Å². The molecule has 0 fully saturated rings. The van der Waals surface area contributed by atoms with Gasteiger partial charge in [0.15, 0.2) is 0 Å². The third kappa shape index (κ3) is 4.38. The SMILES string of the molecule is CC(C)CCOC(C)(CBr)c1ccccc1Br. The zero-order valence-electron chi connectivity index (χ0n) is 10.7. The minimum Gasteiger partial charge on any atom is -0.370 e. The molecule has 0 radical (unpaired) electrons. The fraction of sp³-hybridized carbons (Fsp3) is 0.571. The van der Waals surface area contributed by atoms with Crippen molar-refractivity contribution in [3.05, 3.63) is 34.3 Å². The van der Waals surface area contributed by atoms with Crippen molar-refractivity contribution in [2.75, 3.05) is 11.9 Å². The summed E-state index contributed by atoms with van der Waals surface area (Å²) in [5.41, 5.74) is 0.926. The molecule has 0 saturated heterocycles. The van der Waals surface area contributed by atoms with Crippen LogP contribution < -0.4 is 0 Å². The minimum atomic E-state index is -0.269. The predicted octanol–water partition coefficient (Wildman–Crippen LogP) is 5.12. The molecule has 0 N–H and O–H groups in total. The van der Waals surface area contributed by atoms with Crippen LogP contribution in [0.3, 0.4) is 0 Å². The fourth-order valence-electron chi connectivity index (χ4n) is 1.60. The summed E-state index contributed by atoms with van der Waals surface area (Å²) in [5, 5.41) is 0.792. The molecule has 0 amide bonds. The van der Waals surface area contributed by atoms with Gasteiger partial charge in [-0.25, -0.2) is 0 Å². The maximum absolute atomic E-state index is 6.08. The van der Waals surface area contributed by atoms with E-state index >= 15 is 0 Å². The number of rotatable bonds is 6. The van der Waals surface area contributed by atoms with Gasteiger partial charge in [-0.1, -0.05) is 63.9 Å². The van der Waals surface area contributed by atoms with Crippen LogP contribution in [0, 0.1) is 5.92 Å². The van der Waals surface area contributed by atoms with Crippen molar-refractivity contribution in [3.63, 3.8) is 0 Å². The van der Waals surface area contributed by atoms with Gasteiger partial charge in [0.2, 0.25) is 0 Å². The monoisotopic (exact) mass is 362 g/mol. The molecule has 1 rings (SSSR count). The van der Waals surface area contributed by atoms with Crippen LogP contribution in [0.15, 0.2) is 28.7 Å². The van der Waals surface area contributed by atoms with Crippen LogP contribution in [0.1, 0.15) is 32.8 Å². The number of ether oxygens (including phenoxy) is 1. The second-order valence-corrected chi connectivity index (χ2v) is 6.29. The maximum Gasteiger partial charge on any atom is 0.101 e. The van der Waals surface area contributed by atoms with Gasteiger partial charge in [0, 0.05) is 16.4 Å². The molecule has 0 saturated carbocycles. The summed E-state index contributed by atoms with van der Waals surface area (Å²) in [6.07, 6.45) is 1.09. The Labute approximate surface area is 121 Å². The van der Waals surface area contributed by atoms with E-state index in [4.69, 9.17) is 4.74 Å². The molecule has 96 valence electrons. The lowest BCUT2D eigenvalue weighted by Crippen LogP contribution is -2.29. The van der Waals surface area contributed by atoms with Gasteiger partial charge in [-0.3, -0.25) is 0 Å². The third-order valence-electron chi connectivity index (χ3n) is 2.81. The Balaban J connectivity index is 2.78. The summed E-state index contributed by atoms with van der Waals surface area (Å²) in [6.45, 7) is 7.35. The molecule has 1 nitrogen and oxygen atoms in total. The normalized spacial score (nSPS) is 14.9. The molecular formula is C14H20Br2O. The van der Waals surface area contributed by atoms with E-state index < -0.39 is 0 Å². The second kappa shape index (κ2) is 6.91. The van der Waals surface area contributed by atoms with E-state index in [9.17, 15) is 0 Å². The van der Waals surface area contributed by atoms with E-state index in [1.165, 1.54) is 5.56 Å². The summed E-state index contributed by atoms with van der Waals surface area (Å²) in [4.78, 5) is 0. The Hall–Kier alpha value is 0.140. The van der Waals surface area contributed by atoms with Gasteiger partial charge < -0.3 is 4.74 Å². The Bertz CT molecular complexity index is 352. The molecular weight excluding hydrogens is 344 g/mol. The van der Waals surface area contributed by atoms with Crippen LogP contribution in [0.25, 0.3) is 0 Å². The number of halogens is 2. The van der Waals surface area contributed by atoms with Crippen molar-refractivity contribution < 1.29 is 4.74 Å². The Kier molecular flexibility index (Phi) is 6.18. The van der Waals surface area contributed by atoms with Crippen molar-refractivity contribution in [2.24, 2.45) is 5.92 Å². The van der Waals surface area contributed by atoms with Gasteiger partial charge in [0.25, 0.3) is 0 Å². The number of alkyl halides is 1. The standard InChI is InChI=1S/C14H20Br2O/c1-11(2)8-9-17-14(3,10-15)12-6-4-5-7-13(12)16/h4-7,11H,8-10H2,1-3H3. The molecule has 1 unspecified atom stereocenters. The lowest BCUT2D eigenvalue weighted by atomic mass is 9.98. The highest BCUT2D eigenvalue weighted by molar-refractivity contribution is 9.10. The van der Waals surface area contributed by atoms with Gasteiger partial charge >= 0.3 is 0 Å². The van der Waals surface area contributed by atoms with Gasteiger partial charge in [-0.15, -0.1) is 0 Å². The van der Waals surface area contributed by atoms with Crippen molar-refractivity contribution >= 4 is 31.9 Å². The zero-order chi connectivity index (χ0) is 12.9. The predicted molar refractivity (Wildman–Crippen MR) is 80.7 cm³/mol. The highest BCUT2D eigenvalue weighted by Gasteiger charge is 2.28. The van der Waals surface area contributed by atoms with E-state index in [-0.39, 0.29) is 5.60 Å². The summed E-state index contributed by atoms with van der Waals surface area (Å²) >= 11 is 7.16. The molecule has 0 bridgehead atoms. The second-order valence-electron chi connectivity index (χ2n) is 4.88. The first kappa shape index (κ1) is 15.2. The van der Waals surface area contributed by atoms with Crippen LogP contribution in [-0.2, 0) is 10.3 Å². The third-order valence-corrected chi connectivity index (χ3v) is 4.58. The summed E-state index contributed by atoms with van der Waals surface area (Å²) in [6, 6.07) is 8.24. The number of benzene rings is 1. The van der Waals surface area contributed by atoms with Crippen LogP contribution in [0.5, 0.6) is 0 Å². The smallest absolute Gasteiger partial charge is 0.101 e. The van der Waals surface area contributed by atoms with E-state index in [1.807, 2.05) is 12.1 Å². The van der Waals surface area contributed by atoms with Crippen LogP contribution >= 0.6 is 31.9 Å². The quantitative estimate of drug-likeness (QED) is 0.637. The number of hydrogen-bond acceptors (Lipinski definition) is 1. The molecule has 17 heavy (non-hydrogen) atoms. The first-order valence-corrected chi connectivity index (χ1v) is 7.86. The topological polar surface area (TPSA) is 9.23 Å². The highest BCUT2D eigenvalue weighted by Crippen LogP contribution is 2.33. The Morgan fingerprint density at radius 3 is 2.47 bits per heavy atom. The summed E-state index contributed by atoms with van der Waals surface area (Å²) in [5.74, 6) is 0.675. The van der Waals surface area contributed by atoms with E-state index in [0.29, 0.717) is 5.92 Å². The van der Waals surface area contributed by atoms with Gasteiger partial charge in [0.05, 0.1) is 0 Å². The Morgan fingerprint density at radius 2 is 1.94 bits per heavy atom. The molecule has 0 aromatic heterocycles. The largest absolute Gasteiger partial charge is 0.370 e. The molecule has 0 aliphatic heterocycles.